The third kappa shape index (κ3) is 3.95. The van der Waals surface area contributed by atoms with Crippen LogP contribution in [0.1, 0.15) is 26.3 Å². The lowest BCUT2D eigenvalue weighted by atomic mass is 9.37. The van der Waals surface area contributed by atoms with Crippen LogP contribution >= 0.6 is 11.3 Å². The van der Waals surface area contributed by atoms with E-state index in [9.17, 15) is 0 Å². The Bertz CT molecular complexity index is 3130. The lowest BCUT2D eigenvalue weighted by molar-refractivity contribution is 0.488. The molecule has 250 valence electrons. The van der Waals surface area contributed by atoms with Gasteiger partial charge in [0.15, 0.2) is 0 Å². The first-order valence-electron chi connectivity index (χ1n) is 18.5. The van der Waals surface area contributed by atoms with E-state index in [0.717, 1.165) is 17.2 Å². The van der Waals surface area contributed by atoms with Crippen LogP contribution in [0.2, 0.25) is 0 Å². The lowest BCUT2D eigenvalue weighted by Gasteiger charge is -2.38. The monoisotopic (exact) mass is 696 g/mol. The molecule has 0 saturated carbocycles. The molecule has 0 bridgehead atoms. The number of benzene rings is 7. The van der Waals surface area contributed by atoms with Crippen molar-refractivity contribution in [3.8, 4) is 22.6 Å². The number of anilines is 3. The van der Waals surface area contributed by atoms with Crippen LogP contribution in [0, 0.1) is 0 Å². The van der Waals surface area contributed by atoms with Gasteiger partial charge in [-0.3, -0.25) is 0 Å². The third-order valence-corrected chi connectivity index (χ3v) is 13.0. The van der Waals surface area contributed by atoms with E-state index in [-0.39, 0.29) is 12.1 Å². The largest absolute Gasteiger partial charge is 0.458 e. The van der Waals surface area contributed by atoms with E-state index in [1.165, 1.54) is 91.9 Å². The van der Waals surface area contributed by atoms with Crippen molar-refractivity contribution >= 4 is 99.0 Å². The minimum atomic E-state index is 0.0313. The average molecular weight is 697 g/mol. The molecule has 0 saturated heterocycles. The van der Waals surface area contributed by atoms with E-state index in [0.29, 0.717) is 0 Å². The molecule has 53 heavy (non-hydrogen) atoms. The number of fused-ring (bicyclic) bond motifs is 12. The van der Waals surface area contributed by atoms with Crippen molar-refractivity contribution in [1.82, 2.24) is 4.40 Å². The van der Waals surface area contributed by atoms with Crippen LogP contribution < -0.4 is 25.3 Å². The topological polar surface area (TPSA) is 16.9 Å². The van der Waals surface area contributed by atoms with Crippen molar-refractivity contribution in [2.75, 3.05) is 4.90 Å². The molecule has 2 aliphatic heterocycles. The normalized spacial score (nSPS) is 13.6. The van der Waals surface area contributed by atoms with E-state index in [4.69, 9.17) is 4.74 Å². The second-order valence-corrected chi connectivity index (χ2v) is 16.8. The molecule has 5 heteroatoms. The van der Waals surface area contributed by atoms with Gasteiger partial charge in [-0.1, -0.05) is 118 Å². The fourth-order valence-electron chi connectivity index (χ4n) is 9.28. The summed E-state index contributed by atoms with van der Waals surface area (Å²) in [6.45, 7) is 6.87. The van der Waals surface area contributed by atoms with Gasteiger partial charge in [0.1, 0.15) is 11.5 Å². The Labute approximate surface area is 311 Å². The molecule has 12 rings (SSSR count). The Hall–Kier alpha value is -6.04. The molecule has 0 unspecified atom stereocenters. The fraction of sp³-hybridized carbons (Fsp3) is 0.0833. The summed E-state index contributed by atoms with van der Waals surface area (Å²) in [4.78, 5) is 2.50. The van der Waals surface area contributed by atoms with Crippen LogP contribution in [-0.2, 0) is 5.41 Å². The number of hydrogen-bond donors (Lipinski definition) is 0. The zero-order valence-corrected chi connectivity index (χ0v) is 30.5. The summed E-state index contributed by atoms with van der Waals surface area (Å²) in [5, 5.41) is 6.43. The van der Waals surface area contributed by atoms with E-state index in [1.807, 2.05) is 11.3 Å². The van der Waals surface area contributed by atoms with E-state index < -0.39 is 0 Å². The van der Waals surface area contributed by atoms with E-state index in [2.05, 4.69) is 176 Å². The highest BCUT2D eigenvalue weighted by molar-refractivity contribution is 7.33. The molecule has 0 fully saturated rings. The van der Waals surface area contributed by atoms with E-state index in [1.54, 1.807) is 0 Å². The van der Waals surface area contributed by atoms with Crippen LogP contribution in [0.15, 0.2) is 146 Å². The molecule has 3 aromatic heterocycles. The molecule has 0 aliphatic carbocycles. The molecule has 10 aromatic rings. The molecule has 7 aromatic carbocycles. The van der Waals surface area contributed by atoms with Crippen molar-refractivity contribution < 1.29 is 4.74 Å². The first kappa shape index (κ1) is 29.5. The van der Waals surface area contributed by atoms with Gasteiger partial charge in [0.25, 0.3) is 6.71 Å². The molecule has 2 aliphatic rings. The Morgan fingerprint density at radius 2 is 1.34 bits per heavy atom. The summed E-state index contributed by atoms with van der Waals surface area (Å²) in [5.41, 5.74) is 13.6. The van der Waals surface area contributed by atoms with Crippen LogP contribution in [0.4, 0.5) is 17.1 Å². The van der Waals surface area contributed by atoms with Crippen molar-refractivity contribution in [2.45, 2.75) is 26.2 Å². The predicted octanol–water partition coefficient (Wildman–Crippen LogP) is 11.4. The standard InChI is InChI=1S/C48H33BN2OS/c1-48(2,3)30-20-22-31(23-21-30)50-39-17-10-18-41-44(39)49(47-46(50)36-25-29(19-24-43(36)53-47)28-11-5-4-6-12-28)37-26-35-34-15-9-14-33-32-13-7-8-16-38(32)51(45(33)34)40(35)27-42(37)52-41/h4-27H,1-3H3. The van der Waals surface area contributed by atoms with Gasteiger partial charge >= 0.3 is 0 Å². The third-order valence-electron chi connectivity index (χ3n) is 11.7. The Morgan fingerprint density at radius 3 is 2.17 bits per heavy atom. The van der Waals surface area contributed by atoms with Gasteiger partial charge in [0, 0.05) is 53.8 Å². The van der Waals surface area contributed by atoms with Crippen molar-refractivity contribution in [3.05, 3.63) is 151 Å². The van der Waals surface area contributed by atoms with Crippen molar-refractivity contribution in [1.29, 1.82) is 0 Å². The number of para-hydroxylation sites is 2. The van der Waals surface area contributed by atoms with Gasteiger partial charge < -0.3 is 14.0 Å². The molecule has 5 heterocycles. The van der Waals surface area contributed by atoms with Crippen LogP contribution in [0.3, 0.4) is 0 Å². The molecular weight excluding hydrogens is 663 g/mol. The SMILES string of the molecule is CC(C)(C)c1ccc(N2c3cccc4c3B(c3cc5c6cccc7c8ccccc8n(c5cc3O4)c76)c3sc4ccc(-c5ccccc5)cc4c32)cc1. The van der Waals surface area contributed by atoms with Gasteiger partial charge in [0.05, 0.1) is 22.2 Å². The van der Waals surface area contributed by atoms with Crippen molar-refractivity contribution in [3.63, 3.8) is 0 Å². The molecule has 0 amide bonds. The summed E-state index contributed by atoms with van der Waals surface area (Å²) in [6.07, 6.45) is 0. The van der Waals surface area contributed by atoms with Gasteiger partial charge in [-0.05, 0) is 75.5 Å². The number of ether oxygens (including phenoxy) is 1. The van der Waals surface area contributed by atoms with Gasteiger partial charge in [-0.2, -0.15) is 0 Å². The van der Waals surface area contributed by atoms with Gasteiger partial charge in [-0.25, -0.2) is 0 Å². The summed E-state index contributed by atoms with van der Waals surface area (Å²) >= 11 is 1.93. The number of hydrogen-bond acceptors (Lipinski definition) is 3. The fourth-order valence-corrected chi connectivity index (χ4v) is 10.6. The second kappa shape index (κ2) is 10.3. The van der Waals surface area contributed by atoms with E-state index >= 15 is 0 Å². The molecule has 3 nitrogen and oxygen atoms in total. The molecule has 0 N–H and O–H groups in total. The van der Waals surface area contributed by atoms with Crippen molar-refractivity contribution in [2.24, 2.45) is 0 Å². The maximum absolute atomic E-state index is 7.01. The van der Waals surface area contributed by atoms with Gasteiger partial charge in [0.2, 0.25) is 0 Å². The Kier molecular flexibility index (Phi) is 5.74. The quantitative estimate of drug-likeness (QED) is 0.167. The highest BCUT2D eigenvalue weighted by atomic mass is 32.1. The number of rotatable bonds is 2. The highest BCUT2D eigenvalue weighted by Crippen LogP contribution is 2.48. The Morgan fingerprint density at radius 1 is 0.585 bits per heavy atom. The first-order valence-corrected chi connectivity index (χ1v) is 19.3. The zero-order chi connectivity index (χ0) is 35.2. The summed E-state index contributed by atoms with van der Waals surface area (Å²) in [7, 11) is 0. The molecule has 0 radical (unpaired) electrons. The second-order valence-electron chi connectivity index (χ2n) is 15.7. The zero-order valence-electron chi connectivity index (χ0n) is 29.6. The average Bonchev–Trinajstić information content (AvgIpc) is 3.84. The van der Waals surface area contributed by atoms with Crippen LogP contribution in [0.5, 0.6) is 11.5 Å². The lowest BCUT2D eigenvalue weighted by Crippen LogP contribution is -2.58. The Balaban J connectivity index is 1.16. The maximum atomic E-state index is 7.01. The minimum Gasteiger partial charge on any atom is -0.458 e. The summed E-state index contributed by atoms with van der Waals surface area (Å²) < 4.78 is 12.1. The first-order chi connectivity index (χ1) is 25.9. The predicted molar refractivity (Wildman–Crippen MR) is 226 cm³/mol. The number of nitrogens with zero attached hydrogens (tertiary/aromatic N) is 2. The minimum absolute atomic E-state index is 0.0313. The summed E-state index contributed by atoms with van der Waals surface area (Å²) in [5.74, 6) is 1.87. The smallest absolute Gasteiger partial charge is 0.268 e. The number of thiophene rings is 1. The van der Waals surface area contributed by atoms with Crippen LogP contribution in [-0.4, -0.2) is 11.1 Å². The maximum Gasteiger partial charge on any atom is 0.268 e. The number of aromatic nitrogens is 1. The molecular formula is C48H33BN2OS. The molecule has 0 spiro atoms. The van der Waals surface area contributed by atoms with Gasteiger partial charge in [-0.15, -0.1) is 11.3 Å². The molecule has 0 atom stereocenters. The summed E-state index contributed by atoms with van der Waals surface area (Å²) in [6, 6.07) is 53.9. The van der Waals surface area contributed by atoms with Crippen LogP contribution in [0.25, 0.3) is 59.3 Å². The highest BCUT2D eigenvalue weighted by Gasteiger charge is 2.44.